The molecule has 2 aromatic carbocycles. The van der Waals surface area contributed by atoms with Crippen LogP contribution < -0.4 is 0 Å². The van der Waals surface area contributed by atoms with Crippen LogP contribution in [0.3, 0.4) is 0 Å². The number of likely N-dealkylation sites (tertiary alicyclic amines) is 1. The molecule has 1 aliphatic heterocycles. The van der Waals surface area contributed by atoms with Gasteiger partial charge in [-0.15, -0.1) is 0 Å². The number of hydrogen-bond acceptors (Lipinski definition) is 1. The van der Waals surface area contributed by atoms with Crippen LogP contribution in [0.2, 0.25) is 0 Å². The first-order chi connectivity index (χ1) is 10.7. The molecule has 1 heterocycles. The molecule has 0 aromatic heterocycles. The van der Waals surface area contributed by atoms with Crippen molar-refractivity contribution in [1.29, 1.82) is 0 Å². The minimum absolute atomic E-state index is 0.683. The Hall–Kier alpha value is -1.86. The van der Waals surface area contributed by atoms with E-state index in [-0.39, 0.29) is 0 Å². The summed E-state index contributed by atoms with van der Waals surface area (Å²) in [6, 6.07) is 17.3. The third kappa shape index (κ3) is 3.66. The molecule has 1 fully saturated rings. The maximum atomic E-state index is 2.56. The van der Waals surface area contributed by atoms with Gasteiger partial charge in [-0.3, -0.25) is 4.90 Å². The second-order valence-corrected chi connectivity index (χ2v) is 6.43. The van der Waals surface area contributed by atoms with Gasteiger partial charge in [0, 0.05) is 13.1 Å². The molecule has 0 amide bonds. The highest BCUT2D eigenvalue weighted by molar-refractivity contribution is 5.57. The lowest BCUT2D eigenvalue weighted by molar-refractivity contribution is 0.324. The molecule has 22 heavy (non-hydrogen) atoms. The van der Waals surface area contributed by atoms with E-state index in [1.807, 2.05) is 0 Å². The van der Waals surface area contributed by atoms with E-state index >= 15 is 0 Å². The van der Waals surface area contributed by atoms with Crippen molar-refractivity contribution in [1.82, 2.24) is 4.90 Å². The maximum absolute atomic E-state index is 2.56. The van der Waals surface area contributed by atoms with Crippen LogP contribution in [0, 0.1) is 19.8 Å². The smallest absolute Gasteiger partial charge is 0.0233 e. The fourth-order valence-corrected chi connectivity index (χ4v) is 3.33. The molecular formula is C21H25N. The van der Waals surface area contributed by atoms with Crippen LogP contribution in [0.15, 0.2) is 54.6 Å². The Morgan fingerprint density at radius 3 is 2.45 bits per heavy atom. The van der Waals surface area contributed by atoms with E-state index in [4.69, 9.17) is 0 Å². The lowest BCUT2D eigenvalue weighted by atomic mass is 10.00. The van der Waals surface area contributed by atoms with Gasteiger partial charge in [-0.25, -0.2) is 0 Å². The molecule has 0 N–H and O–H groups in total. The molecule has 3 rings (SSSR count). The van der Waals surface area contributed by atoms with Gasteiger partial charge in [0.05, 0.1) is 0 Å². The summed E-state index contributed by atoms with van der Waals surface area (Å²) in [5, 5.41) is 0. The van der Waals surface area contributed by atoms with Gasteiger partial charge in [-0.05, 0) is 55.0 Å². The Bertz CT molecular complexity index is 622. The standard InChI is InChI=1S/C21H25N/c1-17-7-6-8-18(2)21(17)12-11-20-13-14-22(16-20)15-19-9-4-3-5-10-19/h3-12,20H,13-16H2,1-2H3/b12-11+. The molecule has 1 nitrogen and oxygen atoms in total. The number of rotatable bonds is 4. The van der Waals surface area contributed by atoms with Gasteiger partial charge in [-0.1, -0.05) is 60.7 Å². The summed E-state index contributed by atoms with van der Waals surface area (Å²) in [4.78, 5) is 2.56. The molecule has 1 aliphatic rings. The minimum Gasteiger partial charge on any atom is -0.298 e. The fraction of sp³-hybridized carbons (Fsp3) is 0.333. The molecule has 1 unspecified atom stereocenters. The molecule has 0 saturated carbocycles. The van der Waals surface area contributed by atoms with Gasteiger partial charge in [0.25, 0.3) is 0 Å². The van der Waals surface area contributed by atoms with E-state index in [1.54, 1.807) is 0 Å². The summed E-state index contributed by atoms with van der Waals surface area (Å²) in [6.07, 6.45) is 6.02. The van der Waals surface area contributed by atoms with Crippen molar-refractivity contribution in [3.8, 4) is 0 Å². The van der Waals surface area contributed by atoms with Crippen molar-refractivity contribution in [2.45, 2.75) is 26.8 Å². The van der Waals surface area contributed by atoms with Crippen molar-refractivity contribution in [2.75, 3.05) is 13.1 Å². The minimum atomic E-state index is 0.683. The fourth-order valence-electron chi connectivity index (χ4n) is 3.33. The van der Waals surface area contributed by atoms with Gasteiger partial charge in [0.15, 0.2) is 0 Å². The predicted octanol–water partition coefficient (Wildman–Crippen LogP) is 4.84. The van der Waals surface area contributed by atoms with E-state index in [0.717, 1.165) is 6.54 Å². The summed E-state index contributed by atoms with van der Waals surface area (Å²) in [6.45, 7) is 7.85. The second-order valence-electron chi connectivity index (χ2n) is 6.43. The Morgan fingerprint density at radius 2 is 1.73 bits per heavy atom. The normalized spacial score (nSPS) is 19.1. The predicted molar refractivity (Wildman–Crippen MR) is 94.8 cm³/mol. The summed E-state index contributed by atoms with van der Waals surface area (Å²) in [5.74, 6) is 0.683. The first-order valence-corrected chi connectivity index (χ1v) is 8.23. The van der Waals surface area contributed by atoms with Gasteiger partial charge in [-0.2, -0.15) is 0 Å². The zero-order valence-electron chi connectivity index (χ0n) is 13.6. The van der Waals surface area contributed by atoms with Gasteiger partial charge in [0.2, 0.25) is 0 Å². The zero-order valence-corrected chi connectivity index (χ0v) is 13.6. The largest absolute Gasteiger partial charge is 0.298 e. The highest BCUT2D eigenvalue weighted by atomic mass is 15.1. The molecular weight excluding hydrogens is 266 g/mol. The van der Waals surface area contributed by atoms with Crippen LogP contribution in [-0.2, 0) is 6.54 Å². The number of hydrogen-bond donors (Lipinski definition) is 0. The SMILES string of the molecule is Cc1cccc(C)c1/C=C/C1CCN(Cc2ccccc2)C1. The molecule has 0 bridgehead atoms. The van der Waals surface area contributed by atoms with Crippen molar-refractivity contribution in [2.24, 2.45) is 5.92 Å². The highest BCUT2D eigenvalue weighted by Gasteiger charge is 2.20. The van der Waals surface area contributed by atoms with Gasteiger partial charge in [0.1, 0.15) is 0 Å². The Kier molecular flexibility index (Phi) is 4.74. The third-order valence-electron chi connectivity index (χ3n) is 4.64. The number of aryl methyl sites for hydroxylation is 2. The highest BCUT2D eigenvalue weighted by Crippen LogP contribution is 2.22. The molecule has 2 aromatic rings. The Balaban J connectivity index is 1.60. The van der Waals surface area contributed by atoms with E-state index in [2.05, 4.69) is 79.4 Å². The third-order valence-corrected chi connectivity index (χ3v) is 4.64. The molecule has 114 valence electrons. The van der Waals surface area contributed by atoms with Crippen LogP contribution >= 0.6 is 0 Å². The molecule has 0 spiro atoms. The summed E-state index contributed by atoms with van der Waals surface area (Å²) in [5.41, 5.74) is 5.55. The topological polar surface area (TPSA) is 3.24 Å². The van der Waals surface area contributed by atoms with Crippen LogP contribution in [0.4, 0.5) is 0 Å². The number of nitrogens with zero attached hydrogens (tertiary/aromatic N) is 1. The van der Waals surface area contributed by atoms with E-state index in [0.29, 0.717) is 5.92 Å². The number of benzene rings is 2. The first kappa shape index (κ1) is 15.1. The van der Waals surface area contributed by atoms with E-state index in [1.165, 1.54) is 41.8 Å². The average molecular weight is 291 g/mol. The van der Waals surface area contributed by atoms with Crippen LogP contribution in [0.5, 0.6) is 0 Å². The Morgan fingerprint density at radius 1 is 1.00 bits per heavy atom. The van der Waals surface area contributed by atoms with Crippen molar-refractivity contribution in [3.05, 3.63) is 76.9 Å². The molecule has 1 saturated heterocycles. The zero-order chi connectivity index (χ0) is 15.4. The summed E-state index contributed by atoms with van der Waals surface area (Å²) >= 11 is 0. The van der Waals surface area contributed by atoms with Crippen molar-refractivity contribution in [3.63, 3.8) is 0 Å². The molecule has 0 aliphatic carbocycles. The van der Waals surface area contributed by atoms with Crippen LogP contribution in [0.1, 0.15) is 28.7 Å². The van der Waals surface area contributed by atoms with E-state index < -0.39 is 0 Å². The quantitative estimate of drug-likeness (QED) is 0.779. The van der Waals surface area contributed by atoms with Crippen LogP contribution in [-0.4, -0.2) is 18.0 Å². The average Bonchev–Trinajstić information content (AvgIpc) is 2.95. The van der Waals surface area contributed by atoms with Crippen molar-refractivity contribution < 1.29 is 0 Å². The van der Waals surface area contributed by atoms with Crippen molar-refractivity contribution >= 4 is 6.08 Å². The maximum Gasteiger partial charge on any atom is 0.0233 e. The molecule has 0 radical (unpaired) electrons. The summed E-state index contributed by atoms with van der Waals surface area (Å²) in [7, 11) is 0. The van der Waals surface area contributed by atoms with E-state index in [9.17, 15) is 0 Å². The summed E-state index contributed by atoms with van der Waals surface area (Å²) < 4.78 is 0. The van der Waals surface area contributed by atoms with Gasteiger partial charge < -0.3 is 0 Å². The lowest BCUT2D eigenvalue weighted by Crippen LogP contribution is -2.19. The van der Waals surface area contributed by atoms with Crippen LogP contribution in [0.25, 0.3) is 6.08 Å². The monoisotopic (exact) mass is 291 g/mol. The molecule has 1 heteroatoms. The first-order valence-electron chi connectivity index (χ1n) is 8.23. The van der Waals surface area contributed by atoms with Gasteiger partial charge >= 0.3 is 0 Å². The lowest BCUT2D eigenvalue weighted by Gasteiger charge is -2.15. The second kappa shape index (κ2) is 6.93. The molecule has 1 atom stereocenters. The Labute approximate surface area is 134 Å².